The van der Waals surface area contributed by atoms with Gasteiger partial charge in [-0.1, -0.05) is 24.3 Å². The van der Waals surface area contributed by atoms with Gasteiger partial charge in [-0.2, -0.15) is 0 Å². The molecule has 0 aromatic heterocycles. The number of carbonyl (C=O) groups is 2. The van der Waals surface area contributed by atoms with Gasteiger partial charge in [0.2, 0.25) is 5.91 Å². The Balaban J connectivity index is 1.76. The number of nitrogens with one attached hydrogen (secondary N) is 1. The maximum absolute atomic E-state index is 13.3. The Kier molecular flexibility index (Phi) is 5.58. The number of aryl methyl sites for hydroxylation is 1. The van der Waals surface area contributed by atoms with Gasteiger partial charge in [0.1, 0.15) is 17.2 Å². The summed E-state index contributed by atoms with van der Waals surface area (Å²) in [6, 6.07) is 8.99. The molecule has 0 radical (unpaired) electrons. The smallest absolute Gasteiger partial charge is 0.224 e. The molecule has 0 heterocycles. The van der Waals surface area contributed by atoms with E-state index in [4.69, 9.17) is 5.73 Å². The second-order valence-corrected chi connectivity index (χ2v) is 7.19. The van der Waals surface area contributed by atoms with Gasteiger partial charge in [0.15, 0.2) is 5.78 Å². The number of ketones is 1. The van der Waals surface area contributed by atoms with Crippen LogP contribution in [-0.2, 0) is 28.0 Å². The van der Waals surface area contributed by atoms with Gasteiger partial charge in [0.05, 0.1) is 18.6 Å². The largest absolute Gasteiger partial charge is 0.390 e. The van der Waals surface area contributed by atoms with Gasteiger partial charge in [-0.25, -0.2) is 8.78 Å². The van der Waals surface area contributed by atoms with E-state index >= 15 is 0 Å². The Labute approximate surface area is 161 Å². The molecule has 28 heavy (non-hydrogen) atoms. The molecule has 0 saturated carbocycles. The Bertz CT molecular complexity index is 898. The molecular formula is C21H22F2N2O3. The molecule has 1 aliphatic rings. The summed E-state index contributed by atoms with van der Waals surface area (Å²) >= 11 is 0. The van der Waals surface area contributed by atoms with Crippen LogP contribution < -0.4 is 11.1 Å². The topological polar surface area (TPSA) is 92.4 Å². The molecule has 0 bridgehead atoms. The van der Waals surface area contributed by atoms with Crippen molar-refractivity contribution in [3.8, 4) is 0 Å². The lowest BCUT2D eigenvalue weighted by Crippen LogP contribution is -2.61. The van der Waals surface area contributed by atoms with E-state index in [0.717, 1.165) is 17.7 Å². The van der Waals surface area contributed by atoms with Crippen LogP contribution in [0.5, 0.6) is 0 Å². The molecule has 2 aromatic carbocycles. The third-order valence-electron chi connectivity index (χ3n) is 5.14. The molecule has 1 aliphatic carbocycles. The minimum atomic E-state index is -1.63. The summed E-state index contributed by atoms with van der Waals surface area (Å²) in [6.45, 7) is 1.48. The van der Waals surface area contributed by atoms with Crippen molar-refractivity contribution in [2.75, 3.05) is 0 Å². The molecule has 5 nitrogen and oxygen atoms in total. The van der Waals surface area contributed by atoms with Crippen LogP contribution in [0.15, 0.2) is 42.5 Å². The summed E-state index contributed by atoms with van der Waals surface area (Å²) < 4.78 is 26.6. The lowest BCUT2D eigenvalue weighted by Gasteiger charge is -2.40. The van der Waals surface area contributed by atoms with Crippen molar-refractivity contribution in [1.29, 1.82) is 0 Å². The number of aliphatic hydroxyl groups excluding tert-OH is 1. The van der Waals surface area contributed by atoms with Crippen LogP contribution in [-0.4, -0.2) is 28.9 Å². The van der Waals surface area contributed by atoms with Gasteiger partial charge < -0.3 is 16.2 Å². The van der Waals surface area contributed by atoms with E-state index in [1.807, 2.05) is 12.1 Å². The maximum atomic E-state index is 13.3. The minimum absolute atomic E-state index is 0.153. The lowest BCUT2D eigenvalue weighted by molar-refractivity contribution is -0.134. The third kappa shape index (κ3) is 3.81. The molecule has 0 aliphatic heterocycles. The van der Waals surface area contributed by atoms with Crippen LogP contribution in [0.1, 0.15) is 30.0 Å². The molecule has 148 valence electrons. The van der Waals surface area contributed by atoms with Crippen molar-refractivity contribution in [3.05, 3.63) is 70.8 Å². The Morgan fingerprint density at radius 3 is 2.57 bits per heavy atom. The van der Waals surface area contributed by atoms with Crippen molar-refractivity contribution in [2.45, 2.75) is 43.9 Å². The molecule has 4 N–H and O–H groups in total. The van der Waals surface area contributed by atoms with Gasteiger partial charge in [-0.3, -0.25) is 9.59 Å². The van der Waals surface area contributed by atoms with Crippen LogP contribution >= 0.6 is 0 Å². The summed E-state index contributed by atoms with van der Waals surface area (Å²) in [5, 5.41) is 13.0. The number of benzene rings is 2. The third-order valence-corrected chi connectivity index (χ3v) is 5.14. The minimum Gasteiger partial charge on any atom is -0.390 e. The van der Waals surface area contributed by atoms with E-state index in [2.05, 4.69) is 5.32 Å². The fraction of sp³-hybridized carbons (Fsp3) is 0.333. The monoisotopic (exact) mass is 388 g/mol. The maximum Gasteiger partial charge on any atom is 0.224 e. The summed E-state index contributed by atoms with van der Waals surface area (Å²) in [7, 11) is 0. The second-order valence-electron chi connectivity index (χ2n) is 7.19. The van der Waals surface area contributed by atoms with E-state index in [0.29, 0.717) is 24.5 Å². The fourth-order valence-corrected chi connectivity index (χ4v) is 3.75. The first-order valence-electron chi connectivity index (χ1n) is 9.05. The van der Waals surface area contributed by atoms with Crippen LogP contribution in [0.3, 0.4) is 0 Å². The summed E-state index contributed by atoms with van der Waals surface area (Å²) in [5.74, 6) is -2.66. The zero-order valence-corrected chi connectivity index (χ0v) is 15.4. The molecule has 7 heteroatoms. The SMILES string of the molecule is C[C@H](NC(=O)Cc1cc(F)cc(F)c1)C(=O)[C@@]1(N)c2ccccc2CC[C@@H]1O. The van der Waals surface area contributed by atoms with Crippen molar-refractivity contribution in [3.63, 3.8) is 0 Å². The Morgan fingerprint density at radius 1 is 1.25 bits per heavy atom. The van der Waals surface area contributed by atoms with Crippen molar-refractivity contribution >= 4 is 11.7 Å². The van der Waals surface area contributed by atoms with Gasteiger partial charge in [-0.05, 0) is 48.6 Å². The number of hydrogen-bond acceptors (Lipinski definition) is 4. The number of hydrogen-bond donors (Lipinski definition) is 3. The van der Waals surface area contributed by atoms with Crippen LogP contribution in [0.25, 0.3) is 0 Å². The Morgan fingerprint density at radius 2 is 1.89 bits per heavy atom. The normalized spacial score (nSPS) is 22.2. The standard InChI is InChI=1S/C21H22F2N2O3/c1-12(25-19(27)10-13-8-15(22)11-16(23)9-13)20(28)21(24)17-5-3-2-4-14(17)6-7-18(21)26/h2-5,8-9,11-12,18,26H,6-7,10,24H2,1H3,(H,25,27)/t12-,18-,21+/m0/s1. The molecule has 0 unspecified atom stereocenters. The van der Waals surface area contributed by atoms with Crippen molar-refractivity contribution in [1.82, 2.24) is 5.32 Å². The first-order valence-corrected chi connectivity index (χ1v) is 9.05. The predicted molar refractivity (Wildman–Crippen MR) is 99.3 cm³/mol. The van der Waals surface area contributed by atoms with Crippen LogP contribution in [0, 0.1) is 11.6 Å². The Hall–Kier alpha value is -2.64. The average molecular weight is 388 g/mol. The van der Waals surface area contributed by atoms with Gasteiger partial charge in [0, 0.05) is 6.07 Å². The van der Waals surface area contributed by atoms with Crippen LogP contribution in [0.2, 0.25) is 0 Å². The fourth-order valence-electron chi connectivity index (χ4n) is 3.75. The summed E-state index contributed by atoms with van der Waals surface area (Å²) in [5.41, 5.74) is 6.33. The predicted octanol–water partition coefficient (Wildman–Crippen LogP) is 1.74. The lowest BCUT2D eigenvalue weighted by atomic mass is 9.71. The summed E-state index contributed by atoms with van der Waals surface area (Å²) in [6.07, 6.45) is -0.424. The van der Waals surface area contributed by atoms with Crippen molar-refractivity contribution in [2.24, 2.45) is 5.73 Å². The number of Topliss-reactive ketones (excluding diaryl/α,β-unsaturated/α-hetero) is 1. The molecule has 3 rings (SSSR count). The number of halogens is 2. The molecular weight excluding hydrogens is 366 g/mol. The number of amides is 1. The first-order chi connectivity index (χ1) is 13.2. The van der Waals surface area contributed by atoms with Gasteiger partial charge >= 0.3 is 0 Å². The molecule has 0 spiro atoms. The number of fused-ring (bicyclic) bond motifs is 1. The highest BCUT2D eigenvalue weighted by Crippen LogP contribution is 2.35. The molecule has 0 saturated heterocycles. The van der Waals surface area contributed by atoms with Gasteiger partial charge in [0.25, 0.3) is 0 Å². The number of rotatable bonds is 5. The zero-order valence-electron chi connectivity index (χ0n) is 15.4. The molecule has 2 aromatic rings. The quantitative estimate of drug-likeness (QED) is 0.728. The van der Waals surface area contributed by atoms with E-state index in [9.17, 15) is 23.5 Å². The molecule has 1 amide bonds. The molecule has 0 fully saturated rings. The number of nitrogens with two attached hydrogens (primary N) is 1. The zero-order chi connectivity index (χ0) is 20.5. The van der Waals surface area contributed by atoms with Gasteiger partial charge in [-0.15, -0.1) is 0 Å². The van der Waals surface area contributed by atoms with E-state index in [-0.39, 0.29) is 12.0 Å². The summed E-state index contributed by atoms with van der Waals surface area (Å²) in [4.78, 5) is 25.3. The van der Waals surface area contributed by atoms with E-state index < -0.39 is 41.0 Å². The first kappa shape index (κ1) is 20.1. The average Bonchev–Trinajstić information content (AvgIpc) is 2.63. The van der Waals surface area contributed by atoms with E-state index in [1.165, 1.54) is 6.92 Å². The highest BCUT2D eigenvalue weighted by atomic mass is 19.1. The number of carbonyl (C=O) groups excluding carboxylic acids is 2. The highest BCUT2D eigenvalue weighted by Gasteiger charge is 2.48. The highest BCUT2D eigenvalue weighted by molar-refractivity contribution is 5.97. The van der Waals surface area contributed by atoms with Crippen LogP contribution in [0.4, 0.5) is 8.78 Å². The second kappa shape index (κ2) is 7.77. The molecule has 3 atom stereocenters. The number of aliphatic hydroxyl groups is 1. The van der Waals surface area contributed by atoms with E-state index in [1.54, 1.807) is 12.1 Å². The van der Waals surface area contributed by atoms with Crippen molar-refractivity contribution < 1.29 is 23.5 Å².